The van der Waals surface area contributed by atoms with E-state index in [1.807, 2.05) is 0 Å². The van der Waals surface area contributed by atoms with E-state index in [0.717, 1.165) is 23.2 Å². The zero-order chi connectivity index (χ0) is 13.9. The third kappa shape index (κ3) is 3.32. The van der Waals surface area contributed by atoms with Crippen LogP contribution >= 0.6 is 0 Å². The van der Waals surface area contributed by atoms with Gasteiger partial charge in [0, 0.05) is 38.9 Å². The predicted molar refractivity (Wildman–Crippen MR) is 72.7 cm³/mol. The van der Waals surface area contributed by atoms with Crippen molar-refractivity contribution in [3.63, 3.8) is 0 Å². The molecule has 0 aliphatic heterocycles. The minimum absolute atomic E-state index is 0.221. The van der Waals surface area contributed by atoms with E-state index in [4.69, 9.17) is 0 Å². The number of nitrogens with zero attached hydrogens (tertiary/aromatic N) is 2. The van der Waals surface area contributed by atoms with Gasteiger partial charge in [-0.2, -0.15) is 0 Å². The number of nitrogens with one attached hydrogen (secondary N) is 1. The molecule has 1 heterocycles. The van der Waals surface area contributed by atoms with Crippen LogP contribution in [-0.4, -0.2) is 15.7 Å². The minimum atomic E-state index is -0.283. The Morgan fingerprint density at radius 3 is 2.39 bits per heavy atom. The fourth-order valence-corrected chi connectivity index (χ4v) is 1.60. The summed E-state index contributed by atoms with van der Waals surface area (Å²) in [6, 6.07) is 1.51. The van der Waals surface area contributed by atoms with Gasteiger partial charge in [0.15, 0.2) is 0 Å². The number of hydrogen-bond donors (Lipinski definition) is 1. The second kappa shape index (κ2) is 5.52. The molecule has 1 aromatic rings. The van der Waals surface area contributed by atoms with Crippen LogP contribution in [0.15, 0.2) is 15.7 Å². The van der Waals surface area contributed by atoms with Gasteiger partial charge in [0.1, 0.15) is 0 Å². The van der Waals surface area contributed by atoms with Gasteiger partial charge in [-0.15, -0.1) is 0 Å². The Kier molecular flexibility index (Phi) is 4.51. The van der Waals surface area contributed by atoms with Crippen molar-refractivity contribution in [1.82, 2.24) is 14.5 Å². The number of aromatic nitrogens is 2. The van der Waals surface area contributed by atoms with Gasteiger partial charge >= 0.3 is 5.69 Å². The molecule has 0 amide bonds. The van der Waals surface area contributed by atoms with E-state index in [9.17, 15) is 9.59 Å². The van der Waals surface area contributed by atoms with E-state index in [2.05, 4.69) is 26.1 Å². The van der Waals surface area contributed by atoms with Gasteiger partial charge in [-0.05, 0) is 11.8 Å². The van der Waals surface area contributed by atoms with Crippen molar-refractivity contribution in [3.8, 4) is 0 Å². The minimum Gasteiger partial charge on any atom is -0.311 e. The van der Waals surface area contributed by atoms with Crippen molar-refractivity contribution in [2.24, 2.45) is 19.5 Å². The second-order valence-corrected chi connectivity index (χ2v) is 5.50. The topological polar surface area (TPSA) is 56.0 Å². The summed E-state index contributed by atoms with van der Waals surface area (Å²) >= 11 is 0. The van der Waals surface area contributed by atoms with Crippen molar-refractivity contribution in [2.75, 3.05) is 6.54 Å². The maximum Gasteiger partial charge on any atom is 0.330 e. The van der Waals surface area contributed by atoms with Crippen LogP contribution in [-0.2, 0) is 20.6 Å². The molecule has 0 bridgehead atoms. The third-order valence-corrected chi connectivity index (χ3v) is 3.49. The van der Waals surface area contributed by atoms with Gasteiger partial charge in [-0.25, -0.2) is 4.79 Å². The molecule has 0 unspecified atom stereocenters. The van der Waals surface area contributed by atoms with E-state index >= 15 is 0 Å². The second-order valence-electron chi connectivity index (χ2n) is 5.50. The summed E-state index contributed by atoms with van der Waals surface area (Å²) in [5, 5.41) is 3.30. The van der Waals surface area contributed by atoms with E-state index in [1.54, 1.807) is 7.05 Å². The summed E-state index contributed by atoms with van der Waals surface area (Å²) in [5.74, 6) is 0. The predicted octanol–water partition coefficient (Wildman–Crippen LogP) is 0.610. The molecule has 0 saturated carbocycles. The summed E-state index contributed by atoms with van der Waals surface area (Å²) in [6.07, 6.45) is 1.08. The summed E-state index contributed by atoms with van der Waals surface area (Å²) in [4.78, 5) is 23.3. The molecule has 5 nitrogen and oxygen atoms in total. The quantitative estimate of drug-likeness (QED) is 0.836. The molecule has 0 aromatic carbocycles. The smallest absolute Gasteiger partial charge is 0.311 e. The largest absolute Gasteiger partial charge is 0.330 e. The van der Waals surface area contributed by atoms with Crippen LogP contribution < -0.4 is 16.6 Å². The third-order valence-electron chi connectivity index (χ3n) is 3.49. The maximum absolute atomic E-state index is 11.7. The fraction of sp³-hybridized carbons (Fsp3) is 0.692. The van der Waals surface area contributed by atoms with Gasteiger partial charge in [-0.1, -0.05) is 20.8 Å². The molecule has 1 rings (SSSR count). The first-order chi connectivity index (χ1) is 8.28. The Hall–Kier alpha value is -1.36. The zero-order valence-corrected chi connectivity index (χ0v) is 11.9. The lowest BCUT2D eigenvalue weighted by Gasteiger charge is -2.23. The van der Waals surface area contributed by atoms with Crippen LogP contribution in [0.5, 0.6) is 0 Å². The molecule has 18 heavy (non-hydrogen) atoms. The lowest BCUT2D eigenvalue weighted by atomic mass is 9.90. The number of hydrogen-bond acceptors (Lipinski definition) is 3. The van der Waals surface area contributed by atoms with Crippen LogP contribution in [0, 0.1) is 5.41 Å². The molecule has 0 aliphatic carbocycles. The Morgan fingerprint density at radius 1 is 1.22 bits per heavy atom. The standard InChI is InChI=1S/C13H23N3O2/c1-6-13(2,3)9-14-8-10-7-11(17)16(5)12(18)15(10)4/h7,14H,6,8-9H2,1-5H3. The summed E-state index contributed by atoms with van der Waals surface area (Å²) in [5.41, 5.74) is 0.396. The fourth-order valence-electron chi connectivity index (χ4n) is 1.60. The molecular formula is C13H23N3O2. The van der Waals surface area contributed by atoms with Crippen molar-refractivity contribution in [1.29, 1.82) is 0 Å². The van der Waals surface area contributed by atoms with Crippen LogP contribution in [0.25, 0.3) is 0 Å². The molecule has 0 fully saturated rings. The van der Waals surface area contributed by atoms with Gasteiger partial charge in [-0.3, -0.25) is 13.9 Å². The zero-order valence-electron chi connectivity index (χ0n) is 11.9. The lowest BCUT2D eigenvalue weighted by Crippen LogP contribution is -2.39. The maximum atomic E-state index is 11.7. The first-order valence-corrected chi connectivity index (χ1v) is 6.25. The van der Waals surface area contributed by atoms with Crippen LogP contribution in [0.2, 0.25) is 0 Å². The highest BCUT2D eigenvalue weighted by Crippen LogP contribution is 2.17. The molecule has 102 valence electrons. The Balaban J connectivity index is 2.82. The van der Waals surface area contributed by atoms with Crippen LogP contribution in [0.1, 0.15) is 32.9 Å². The first-order valence-electron chi connectivity index (χ1n) is 6.25. The summed E-state index contributed by atoms with van der Waals surface area (Å²) in [7, 11) is 3.17. The van der Waals surface area contributed by atoms with E-state index in [-0.39, 0.29) is 16.7 Å². The van der Waals surface area contributed by atoms with Crippen molar-refractivity contribution >= 4 is 0 Å². The molecule has 1 aromatic heterocycles. The molecule has 0 atom stereocenters. The van der Waals surface area contributed by atoms with Crippen molar-refractivity contribution in [2.45, 2.75) is 33.7 Å². The molecule has 1 N–H and O–H groups in total. The van der Waals surface area contributed by atoms with Crippen LogP contribution in [0.4, 0.5) is 0 Å². The Bertz CT molecular complexity index is 526. The average molecular weight is 253 g/mol. The van der Waals surface area contributed by atoms with Gasteiger partial charge in [0.05, 0.1) is 0 Å². The SMILES string of the molecule is CCC(C)(C)CNCc1cc(=O)n(C)c(=O)n1C. The Morgan fingerprint density at radius 2 is 1.83 bits per heavy atom. The van der Waals surface area contributed by atoms with E-state index < -0.39 is 0 Å². The lowest BCUT2D eigenvalue weighted by molar-refractivity contribution is 0.326. The molecular weight excluding hydrogens is 230 g/mol. The van der Waals surface area contributed by atoms with E-state index in [1.165, 1.54) is 17.7 Å². The van der Waals surface area contributed by atoms with Crippen molar-refractivity contribution in [3.05, 3.63) is 32.6 Å². The van der Waals surface area contributed by atoms with Gasteiger partial charge in [0.25, 0.3) is 5.56 Å². The van der Waals surface area contributed by atoms with Gasteiger partial charge in [0.2, 0.25) is 0 Å². The molecule has 5 heteroatoms. The highest BCUT2D eigenvalue weighted by atomic mass is 16.2. The normalized spacial score (nSPS) is 11.8. The highest BCUT2D eigenvalue weighted by Gasteiger charge is 2.14. The van der Waals surface area contributed by atoms with Gasteiger partial charge < -0.3 is 5.32 Å². The monoisotopic (exact) mass is 253 g/mol. The molecule has 0 radical (unpaired) electrons. The van der Waals surface area contributed by atoms with Crippen molar-refractivity contribution < 1.29 is 0 Å². The van der Waals surface area contributed by atoms with E-state index in [0.29, 0.717) is 6.54 Å². The Labute approximate surface area is 107 Å². The highest BCUT2D eigenvalue weighted by molar-refractivity contribution is 5.01. The molecule has 0 spiro atoms. The number of rotatable bonds is 5. The summed E-state index contributed by atoms with van der Waals surface area (Å²) in [6.45, 7) is 7.90. The average Bonchev–Trinajstić information content (AvgIpc) is 2.33. The molecule has 0 saturated heterocycles. The summed E-state index contributed by atoms with van der Waals surface area (Å²) < 4.78 is 2.62. The molecule has 0 aliphatic rings. The van der Waals surface area contributed by atoms with Crippen LogP contribution in [0.3, 0.4) is 0 Å². The first kappa shape index (κ1) is 14.7.